The number of hydrogen-bond donors (Lipinski definition) is 1. The molecule has 3 aromatic rings. The number of nitrogens with zero attached hydrogens (tertiary/aromatic N) is 3. The fourth-order valence-electron chi connectivity index (χ4n) is 3.86. The third-order valence-corrected chi connectivity index (χ3v) is 8.20. The Hall–Kier alpha value is -2.75. The zero-order valence-corrected chi connectivity index (χ0v) is 20.2. The summed E-state index contributed by atoms with van der Waals surface area (Å²) >= 11 is 6.15. The molecule has 1 amide bonds. The number of hydrogen-bond acceptors (Lipinski definition) is 6. The molecule has 2 heterocycles. The summed E-state index contributed by atoms with van der Waals surface area (Å²) in [6, 6.07) is 10.4. The summed E-state index contributed by atoms with van der Waals surface area (Å²) in [5.74, 6) is 0.0471. The molecule has 10 heteroatoms. The lowest BCUT2D eigenvalue weighted by Gasteiger charge is -2.31. The minimum Gasteiger partial charge on any atom is -0.339 e. The third-order valence-electron chi connectivity index (χ3n) is 5.79. The maximum absolute atomic E-state index is 13.5. The number of aryl methyl sites for hydroxylation is 3. The van der Waals surface area contributed by atoms with Gasteiger partial charge in [0.05, 0.1) is 10.8 Å². The lowest BCUT2D eigenvalue weighted by atomic mass is 9.98. The van der Waals surface area contributed by atoms with Gasteiger partial charge in [-0.05, 0) is 56.0 Å². The number of amides is 1. The monoisotopic (exact) mass is 488 g/mol. The number of rotatable bonds is 5. The molecule has 1 aliphatic heterocycles. The summed E-state index contributed by atoms with van der Waals surface area (Å²) in [7, 11) is -3.82. The molecule has 174 valence electrons. The normalized spacial score (nSPS) is 17.2. The Bertz CT molecular complexity index is 1310. The molecular weight excluding hydrogens is 464 g/mol. The van der Waals surface area contributed by atoms with Crippen molar-refractivity contribution in [2.45, 2.75) is 38.5 Å². The zero-order chi connectivity index (χ0) is 23.8. The van der Waals surface area contributed by atoms with Gasteiger partial charge in [0.2, 0.25) is 27.6 Å². The Morgan fingerprint density at radius 2 is 1.91 bits per heavy atom. The highest BCUT2D eigenvalue weighted by Gasteiger charge is 2.34. The van der Waals surface area contributed by atoms with Crippen LogP contribution in [-0.4, -0.2) is 41.9 Å². The molecule has 4 rings (SSSR count). The highest BCUT2D eigenvalue weighted by molar-refractivity contribution is 7.89. The maximum atomic E-state index is 13.5. The van der Waals surface area contributed by atoms with E-state index in [9.17, 15) is 13.2 Å². The number of carbonyl (C=O) groups excluding carboxylic acids is 1. The predicted molar refractivity (Wildman–Crippen MR) is 126 cm³/mol. The number of nitrogens with one attached hydrogen (secondary N) is 1. The number of sulfonamides is 1. The Labute approximate surface area is 198 Å². The van der Waals surface area contributed by atoms with Gasteiger partial charge in [0.1, 0.15) is 0 Å². The van der Waals surface area contributed by atoms with Crippen LogP contribution in [-0.2, 0) is 14.8 Å². The van der Waals surface area contributed by atoms with Crippen LogP contribution in [0.15, 0.2) is 45.8 Å². The summed E-state index contributed by atoms with van der Waals surface area (Å²) in [6.07, 6.45) is 1.20. The first-order valence-corrected chi connectivity index (χ1v) is 12.5. The molecule has 1 aromatic heterocycles. The highest BCUT2D eigenvalue weighted by Crippen LogP contribution is 2.29. The van der Waals surface area contributed by atoms with E-state index in [0.29, 0.717) is 52.9 Å². The summed E-state index contributed by atoms with van der Waals surface area (Å²) in [4.78, 5) is 17.2. The van der Waals surface area contributed by atoms with E-state index in [0.717, 1.165) is 5.56 Å². The summed E-state index contributed by atoms with van der Waals surface area (Å²) < 4.78 is 33.4. The van der Waals surface area contributed by atoms with Crippen LogP contribution in [0, 0.1) is 26.7 Å². The van der Waals surface area contributed by atoms with Crippen molar-refractivity contribution in [3.63, 3.8) is 0 Å². The van der Waals surface area contributed by atoms with Gasteiger partial charge >= 0.3 is 0 Å². The second-order valence-corrected chi connectivity index (χ2v) is 10.6. The lowest BCUT2D eigenvalue weighted by molar-refractivity contribution is -0.120. The van der Waals surface area contributed by atoms with Crippen molar-refractivity contribution in [3.8, 4) is 11.4 Å². The second-order valence-electron chi connectivity index (χ2n) is 8.27. The van der Waals surface area contributed by atoms with Crippen LogP contribution in [0.3, 0.4) is 0 Å². The van der Waals surface area contributed by atoms with E-state index in [-0.39, 0.29) is 17.3 Å². The maximum Gasteiger partial charge on any atom is 0.243 e. The van der Waals surface area contributed by atoms with E-state index in [1.807, 2.05) is 13.0 Å². The van der Waals surface area contributed by atoms with Crippen molar-refractivity contribution < 1.29 is 17.7 Å². The third kappa shape index (κ3) is 4.95. The largest absolute Gasteiger partial charge is 0.339 e. The number of anilines is 1. The van der Waals surface area contributed by atoms with Gasteiger partial charge < -0.3 is 9.84 Å². The molecule has 1 aliphatic rings. The van der Waals surface area contributed by atoms with Gasteiger partial charge in [0.25, 0.3) is 0 Å². The summed E-state index contributed by atoms with van der Waals surface area (Å²) in [6.45, 7) is 5.76. The molecule has 0 radical (unpaired) electrons. The molecule has 1 atom stereocenters. The Morgan fingerprint density at radius 1 is 1.15 bits per heavy atom. The Balaban J connectivity index is 1.54. The number of carbonyl (C=O) groups is 1. The van der Waals surface area contributed by atoms with Crippen LogP contribution >= 0.6 is 11.6 Å². The van der Waals surface area contributed by atoms with Gasteiger partial charge in [-0.1, -0.05) is 35.0 Å². The average molecular weight is 489 g/mol. The first-order valence-electron chi connectivity index (χ1n) is 10.6. The zero-order valence-electron chi connectivity index (χ0n) is 18.6. The van der Waals surface area contributed by atoms with E-state index in [4.69, 9.17) is 16.1 Å². The van der Waals surface area contributed by atoms with E-state index in [1.54, 1.807) is 44.2 Å². The van der Waals surface area contributed by atoms with Gasteiger partial charge in [-0.15, -0.1) is 0 Å². The number of halogens is 1. The first kappa shape index (κ1) is 23.4. The summed E-state index contributed by atoms with van der Waals surface area (Å²) in [5, 5.41) is 7.31. The molecule has 1 saturated heterocycles. The molecule has 8 nitrogen and oxygen atoms in total. The van der Waals surface area contributed by atoms with E-state index in [2.05, 4.69) is 15.5 Å². The second kappa shape index (κ2) is 9.24. The Kier molecular flexibility index (Phi) is 6.56. The average Bonchev–Trinajstić information content (AvgIpc) is 3.23. The lowest BCUT2D eigenvalue weighted by Crippen LogP contribution is -2.43. The van der Waals surface area contributed by atoms with Gasteiger partial charge in [-0.2, -0.15) is 9.29 Å². The van der Waals surface area contributed by atoms with Gasteiger partial charge in [0, 0.05) is 36.3 Å². The van der Waals surface area contributed by atoms with Crippen LogP contribution in [0.4, 0.5) is 5.69 Å². The number of benzene rings is 2. The van der Waals surface area contributed by atoms with E-state index >= 15 is 0 Å². The molecule has 1 unspecified atom stereocenters. The van der Waals surface area contributed by atoms with Gasteiger partial charge in [-0.25, -0.2) is 8.42 Å². The van der Waals surface area contributed by atoms with Crippen LogP contribution in [0.1, 0.15) is 29.9 Å². The SMILES string of the molecule is Cc1nc(-c2ccc(C)c(S(=O)(=O)N3CCCC(C(=O)Nc4ccc(C)c(Cl)c4)C3)c2)no1. The van der Waals surface area contributed by atoms with Crippen molar-refractivity contribution in [2.75, 3.05) is 18.4 Å². The molecule has 0 bridgehead atoms. The van der Waals surface area contributed by atoms with Crippen molar-refractivity contribution in [1.82, 2.24) is 14.4 Å². The smallest absolute Gasteiger partial charge is 0.243 e. The number of piperidine rings is 1. The van der Waals surface area contributed by atoms with Crippen LogP contribution < -0.4 is 5.32 Å². The number of aromatic nitrogens is 2. The molecule has 2 aromatic carbocycles. The molecule has 1 N–H and O–H groups in total. The Morgan fingerprint density at radius 3 is 2.61 bits per heavy atom. The predicted octanol–water partition coefficient (Wildman–Crippen LogP) is 4.35. The molecule has 1 fully saturated rings. The summed E-state index contributed by atoms with van der Waals surface area (Å²) in [5.41, 5.74) is 2.67. The van der Waals surface area contributed by atoms with Crippen LogP contribution in [0.5, 0.6) is 0 Å². The molecule has 33 heavy (non-hydrogen) atoms. The van der Waals surface area contributed by atoms with Gasteiger partial charge in [-0.3, -0.25) is 4.79 Å². The standard InChI is InChI=1S/C23H25ClN4O4S/c1-14-7-9-19(12-20(14)24)26-23(29)18-5-4-10-28(13-18)33(30,31)21-11-17(8-6-15(21)2)22-25-16(3)32-27-22/h6-9,11-12,18H,4-5,10,13H2,1-3H3,(H,26,29). The van der Waals surface area contributed by atoms with Crippen molar-refractivity contribution in [3.05, 3.63) is 58.4 Å². The molecule has 0 spiro atoms. The minimum atomic E-state index is -3.82. The van der Waals surface area contributed by atoms with E-state index < -0.39 is 15.9 Å². The van der Waals surface area contributed by atoms with E-state index in [1.165, 1.54) is 4.31 Å². The molecule has 0 saturated carbocycles. The van der Waals surface area contributed by atoms with Crippen molar-refractivity contribution >= 4 is 33.2 Å². The molecule has 0 aliphatic carbocycles. The first-order chi connectivity index (χ1) is 15.6. The van der Waals surface area contributed by atoms with Crippen molar-refractivity contribution in [1.29, 1.82) is 0 Å². The van der Waals surface area contributed by atoms with Crippen LogP contribution in [0.2, 0.25) is 5.02 Å². The minimum absolute atomic E-state index is 0.110. The fraction of sp³-hybridized carbons (Fsp3) is 0.348. The van der Waals surface area contributed by atoms with Crippen molar-refractivity contribution in [2.24, 2.45) is 5.92 Å². The topological polar surface area (TPSA) is 105 Å². The fourth-order valence-corrected chi connectivity index (χ4v) is 5.82. The van der Waals surface area contributed by atoms with Crippen LogP contribution in [0.25, 0.3) is 11.4 Å². The highest BCUT2D eigenvalue weighted by atomic mass is 35.5. The molecular formula is C23H25ClN4O4S. The quantitative estimate of drug-likeness (QED) is 0.572. The van der Waals surface area contributed by atoms with Gasteiger partial charge in [0.15, 0.2) is 0 Å².